The first-order chi connectivity index (χ1) is 8.63. The van der Waals surface area contributed by atoms with Crippen molar-refractivity contribution in [2.45, 2.75) is 26.4 Å². The number of halogens is 1. The van der Waals surface area contributed by atoms with Crippen LogP contribution in [-0.4, -0.2) is 29.2 Å². The standard InChI is InChI=1S/C14H18ClNOS/c1-10(2)16(7-8-17)9-13-14(15)11-5-3-4-6-12(11)18-13/h3-6,10,17H,7-9H2,1-2H3. The molecule has 0 amide bonds. The maximum Gasteiger partial charge on any atom is 0.0637 e. The van der Waals surface area contributed by atoms with E-state index in [1.807, 2.05) is 12.1 Å². The molecule has 0 aliphatic rings. The summed E-state index contributed by atoms with van der Waals surface area (Å²) < 4.78 is 1.23. The summed E-state index contributed by atoms with van der Waals surface area (Å²) in [7, 11) is 0. The first kappa shape index (κ1) is 13.8. The molecule has 0 spiro atoms. The summed E-state index contributed by atoms with van der Waals surface area (Å²) in [5.41, 5.74) is 0. The van der Waals surface area contributed by atoms with Crippen molar-refractivity contribution in [1.29, 1.82) is 0 Å². The largest absolute Gasteiger partial charge is 0.395 e. The lowest BCUT2D eigenvalue weighted by Crippen LogP contribution is -2.32. The number of hydrogen-bond donors (Lipinski definition) is 1. The third kappa shape index (κ3) is 2.86. The number of benzene rings is 1. The smallest absolute Gasteiger partial charge is 0.0637 e. The number of aliphatic hydroxyl groups excluding tert-OH is 1. The predicted octanol–water partition coefficient (Wildman–Crippen LogP) is 3.76. The van der Waals surface area contributed by atoms with Gasteiger partial charge in [0.25, 0.3) is 0 Å². The number of nitrogens with zero attached hydrogens (tertiary/aromatic N) is 1. The number of hydrogen-bond acceptors (Lipinski definition) is 3. The Morgan fingerprint density at radius 3 is 2.67 bits per heavy atom. The third-order valence-corrected chi connectivity index (χ3v) is 4.77. The van der Waals surface area contributed by atoms with E-state index in [4.69, 9.17) is 16.7 Å². The highest BCUT2D eigenvalue weighted by molar-refractivity contribution is 7.19. The molecular formula is C14H18ClNOS. The van der Waals surface area contributed by atoms with Crippen LogP contribution in [0.15, 0.2) is 24.3 Å². The molecule has 98 valence electrons. The van der Waals surface area contributed by atoms with Gasteiger partial charge in [-0.2, -0.15) is 0 Å². The van der Waals surface area contributed by atoms with Crippen molar-refractivity contribution in [1.82, 2.24) is 4.90 Å². The lowest BCUT2D eigenvalue weighted by Gasteiger charge is -2.24. The van der Waals surface area contributed by atoms with Crippen LogP contribution in [0.3, 0.4) is 0 Å². The van der Waals surface area contributed by atoms with Crippen molar-refractivity contribution in [3.63, 3.8) is 0 Å². The van der Waals surface area contributed by atoms with Crippen LogP contribution in [0.4, 0.5) is 0 Å². The molecule has 0 bridgehead atoms. The van der Waals surface area contributed by atoms with Crippen LogP contribution in [0.1, 0.15) is 18.7 Å². The van der Waals surface area contributed by atoms with Crippen LogP contribution in [0.2, 0.25) is 5.02 Å². The number of aliphatic hydroxyl groups is 1. The zero-order valence-electron chi connectivity index (χ0n) is 10.7. The quantitative estimate of drug-likeness (QED) is 0.903. The highest BCUT2D eigenvalue weighted by Gasteiger charge is 2.15. The fraction of sp³-hybridized carbons (Fsp3) is 0.429. The van der Waals surface area contributed by atoms with Gasteiger partial charge >= 0.3 is 0 Å². The van der Waals surface area contributed by atoms with Crippen molar-refractivity contribution in [3.05, 3.63) is 34.2 Å². The summed E-state index contributed by atoms with van der Waals surface area (Å²) in [6.45, 7) is 5.94. The second kappa shape index (κ2) is 6.02. The number of fused-ring (bicyclic) bond motifs is 1. The molecule has 18 heavy (non-hydrogen) atoms. The van der Waals surface area contributed by atoms with E-state index in [1.165, 1.54) is 9.58 Å². The molecule has 0 saturated heterocycles. The Morgan fingerprint density at radius 2 is 2.06 bits per heavy atom. The Bertz CT molecular complexity index is 523. The van der Waals surface area contributed by atoms with E-state index in [1.54, 1.807) is 11.3 Å². The van der Waals surface area contributed by atoms with Gasteiger partial charge < -0.3 is 5.11 Å². The van der Waals surface area contributed by atoms with E-state index >= 15 is 0 Å². The molecule has 4 heteroatoms. The predicted molar refractivity (Wildman–Crippen MR) is 79.5 cm³/mol. The molecule has 0 saturated carbocycles. The topological polar surface area (TPSA) is 23.5 Å². The van der Waals surface area contributed by atoms with E-state index in [0.29, 0.717) is 12.6 Å². The van der Waals surface area contributed by atoms with E-state index in [9.17, 15) is 0 Å². The SMILES string of the molecule is CC(C)N(CCO)Cc1sc2ccccc2c1Cl. The van der Waals surface area contributed by atoms with Gasteiger partial charge in [-0.3, -0.25) is 4.90 Å². The summed E-state index contributed by atoms with van der Waals surface area (Å²) in [4.78, 5) is 3.41. The van der Waals surface area contributed by atoms with Crippen molar-refractivity contribution >= 4 is 33.0 Å². The minimum atomic E-state index is 0.181. The first-order valence-electron chi connectivity index (χ1n) is 6.14. The molecule has 0 unspecified atom stereocenters. The lowest BCUT2D eigenvalue weighted by molar-refractivity contribution is 0.160. The van der Waals surface area contributed by atoms with Crippen LogP contribution in [-0.2, 0) is 6.54 Å². The number of rotatable bonds is 5. The van der Waals surface area contributed by atoms with Gasteiger partial charge in [-0.05, 0) is 19.9 Å². The van der Waals surface area contributed by atoms with Gasteiger partial charge in [0.2, 0.25) is 0 Å². The summed E-state index contributed by atoms with van der Waals surface area (Å²) in [5, 5.41) is 11.1. The van der Waals surface area contributed by atoms with Gasteiger partial charge in [-0.15, -0.1) is 11.3 Å². The molecule has 1 N–H and O–H groups in total. The van der Waals surface area contributed by atoms with Crippen molar-refractivity contribution in [2.24, 2.45) is 0 Å². The Morgan fingerprint density at radius 1 is 1.33 bits per heavy atom. The molecule has 1 heterocycles. The summed E-state index contributed by atoms with van der Waals surface area (Å²) >= 11 is 8.17. The summed E-state index contributed by atoms with van der Waals surface area (Å²) in [6, 6.07) is 8.61. The zero-order chi connectivity index (χ0) is 13.1. The molecule has 1 aromatic carbocycles. The van der Waals surface area contributed by atoms with E-state index in [-0.39, 0.29) is 6.61 Å². The molecular weight excluding hydrogens is 266 g/mol. The van der Waals surface area contributed by atoms with E-state index < -0.39 is 0 Å². The van der Waals surface area contributed by atoms with Crippen LogP contribution in [0, 0.1) is 0 Å². The fourth-order valence-electron chi connectivity index (χ4n) is 2.00. The van der Waals surface area contributed by atoms with Crippen LogP contribution >= 0.6 is 22.9 Å². The van der Waals surface area contributed by atoms with Gasteiger partial charge in [0, 0.05) is 34.1 Å². The van der Waals surface area contributed by atoms with Crippen molar-refractivity contribution in [3.8, 4) is 0 Å². The van der Waals surface area contributed by atoms with Gasteiger partial charge in [-0.25, -0.2) is 0 Å². The maximum absolute atomic E-state index is 9.10. The highest BCUT2D eigenvalue weighted by atomic mass is 35.5. The molecule has 1 aromatic heterocycles. The van der Waals surface area contributed by atoms with Crippen LogP contribution < -0.4 is 0 Å². The van der Waals surface area contributed by atoms with Gasteiger partial charge in [-0.1, -0.05) is 29.8 Å². The third-order valence-electron chi connectivity index (χ3n) is 3.07. The summed E-state index contributed by atoms with van der Waals surface area (Å²) in [6.07, 6.45) is 0. The highest BCUT2D eigenvalue weighted by Crippen LogP contribution is 2.36. The van der Waals surface area contributed by atoms with Gasteiger partial charge in [0.05, 0.1) is 11.6 Å². The summed E-state index contributed by atoms with van der Waals surface area (Å²) in [5.74, 6) is 0. The van der Waals surface area contributed by atoms with E-state index in [2.05, 4.69) is 30.9 Å². The molecule has 0 aliphatic carbocycles. The fourth-order valence-corrected chi connectivity index (χ4v) is 3.52. The second-order valence-electron chi connectivity index (χ2n) is 4.62. The Labute approximate surface area is 117 Å². The minimum Gasteiger partial charge on any atom is -0.395 e. The molecule has 2 nitrogen and oxygen atoms in total. The molecule has 2 aromatic rings. The zero-order valence-corrected chi connectivity index (χ0v) is 12.3. The second-order valence-corrected chi connectivity index (χ2v) is 6.14. The Hall–Kier alpha value is -0.610. The number of thiophene rings is 1. The Kier molecular flexibility index (Phi) is 4.62. The molecule has 0 aliphatic heterocycles. The van der Waals surface area contributed by atoms with E-state index in [0.717, 1.165) is 17.0 Å². The van der Waals surface area contributed by atoms with Gasteiger partial charge in [0.1, 0.15) is 0 Å². The average Bonchev–Trinajstić information content (AvgIpc) is 2.66. The van der Waals surface area contributed by atoms with Crippen molar-refractivity contribution in [2.75, 3.05) is 13.2 Å². The van der Waals surface area contributed by atoms with Crippen LogP contribution in [0.25, 0.3) is 10.1 Å². The van der Waals surface area contributed by atoms with Gasteiger partial charge in [0.15, 0.2) is 0 Å². The molecule has 0 atom stereocenters. The average molecular weight is 284 g/mol. The lowest BCUT2D eigenvalue weighted by atomic mass is 10.2. The normalized spacial score (nSPS) is 11.9. The van der Waals surface area contributed by atoms with Crippen molar-refractivity contribution < 1.29 is 5.11 Å². The molecule has 2 rings (SSSR count). The maximum atomic E-state index is 9.10. The molecule has 0 fully saturated rings. The minimum absolute atomic E-state index is 0.181. The molecule has 0 radical (unpaired) electrons. The Balaban J connectivity index is 2.27. The van der Waals surface area contributed by atoms with Crippen LogP contribution in [0.5, 0.6) is 0 Å². The monoisotopic (exact) mass is 283 g/mol. The first-order valence-corrected chi connectivity index (χ1v) is 7.33.